The molecule has 1 atom stereocenters. The Hall–Kier alpha value is -1.36. The number of hydrogen-bond donors (Lipinski definition) is 2. The molecule has 0 amide bonds. The standard InChI is InChI=1S/C15H20N4.ClH/c1-12-10-19(8-7-16-12)11-14-9-17-15(18-14)13-5-3-2-4-6-13;/h2-6,9,12,16H,7-8,10-11H2,1H3,(H,17,18);1H/t12-;/m0./s1. The molecule has 0 saturated carbocycles. The van der Waals surface area contributed by atoms with Crippen molar-refractivity contribution in [2.45, 2.75) is 19.5 Å². The Morgan fingerprint density at radius 3 is 2.85 bits per heavy atom. The van der Waals surface area contributed by atoms with Crippen molar-refractivity contribution in [3.63, 3.8) is 0 Å². The molecule has 3 rings (SSSR count). The normalized spacial score (nSPS) is 19.6. The van der Waals surface area contributed by atoms with Gasteiger partial charge in [0.1, 0.15) is 5.82 Å². The van der Waals surface area contributed by atoms with Crippen molar-refractivity contribution in [3.8, 4) is 11.4 Å². The van der Waals surface area contributed by atoms with Crippen molar-refractivity contribution in [1.29, 1.82) is 0 Å². The predicted molar refractivity (Wildman–Crippen MR) is 84.0 cm³/mol. The Bertz CT molecular complexity index is 526. The van der Waals surface area contributed by atoms with E-state index in [0.717, 1.165) is 37.6 Å². The number of hydrogen-bond acceptors (Lipinski definition) is 3. The zero-order valence-electron chi connectivity index (χ0n) is 11.7. The van der Waals surface area contributed by atoms with Gasteiger partial charge in [-0.1, -0.05) is 30.3 Å². The fraction of sp³-hybridized carbons (Fsp3) is 0.400. The lowest BCUT2D eigenvalue weighted by atomic mass is 10.2. The first-order chi connectivity index (χ1) is 9.31. The monoisotopic (exact) mass is 292 g/mol. The van der Waals surface area contributed by atoms with E-state index in [1.807, 2.05) is 24.4 Å². The minimum Gasteiger partial charge on any atom is -0.341 e. The Morgan fingerprint density at radius 2 is 2.10 bits per heavy atom. The molecule has 0 aliphatic carbocycles. The molecular weight excluding hydrogens is 272 g/mol. The average Bonchev–Trinajstić information content (AvgIpc) is 2.88. The van der Waals surface area contributed by atoms with Crippen LogP contribution >= 0.6 is 12.4 Å². The van der Waals surface area contributed by atoms with Gasteiger partial charge in [-0.2, -0.15) is 0 Å². The van der Waals surface area contributed by atoms with Crippen LogP contribution in [0, 0.1) is 0 Å². The van der Waals surface area contributed by atoms with Gasteiger partial charge in [0.2, 0.25) is 0 Å². The van der Waals surface area contributed by atoms with Crippen LogP contribution in [-0.4, -0.2) is 40.5 Å². The van der Waals surface area contributed by atoms with E-state index in [1.165, 1.54) is 5.69 Å². The lowest BCUT2D eigenvalue weighted by Gasteiger charge is -2.31. The molecule has 0 unspecified atom stereocenters. The van der Waals surface area contributed by atoms with Crippen molar-refractivity contribution in [3.05, 3.63) is 42.2 Å². The number of benzene rings is 1. The number of H-pyrrole nitrogens is 1. The van der Waals surface area contributed by atoms with E-state index in [4.69, 9.17) is 0 Å². The van der Waals surface area contributed by atoms with Gasteiger partial charge in [-0.25, -0.2) is 4.98 Å². The van der Waals surface area contributed by atoms with Gasteiger partial charge in [0.05, 0.1) is 0 Å². The van der Waals surface area contributed by atoms with Crippen LogP contribution in [0.2, 0.25) is 0 Å². The number of rotatable bonds is 3. The maximum atomic E-state index is 4.47. The van der Waals surface area contributed by atoms with E-state index in [0.29, 0.717) is 6.04 Å². The quantitative estimate of drug-likeness (QED) is 0.912. The highest BCUT2D eigenvalue weighted by atomic mass is 35.5. The van der Waals surface area contributed by atoms with Crippen LogP contribution in [0.25, 0.3) is 11.4 Å². The largest absolute Gasteiger partial charge is 0.341 e. The fourth-order valence-electron chi connectivity index (χ4n) is 2.58. The molecule has 20 heavy (non-hydrogen) atoms. The highest BCUT2D eigenvalue weighted by molar-refractivity contribution is 5.85. The highest BCUT2D eigenvalue weighted by Gasteiger charge is 2.16. The number of nitrogens with one attached hydrogen (secondary N) is 2. The van der Waals surface area contributed by atoms with Gasteiger partial charge in [0.15, 0.2) is 0 Å². The molecule has 4 nitrogen and oxygen atoms in total. The Labute approximate surface area is 126 Å². The summed E-state index contributed by atoms with van der Waals surface area (Å²) in [7, 11) is 0. The predicted octanol–water partition coefficient (Wildman–Crippen LogP) is 2.29. The summed E-state index contributed by atoms with van der Waals surface area (Å²) in [5, 5.41) is 3.46. The number of imidazole rings is 1. The van der Waals surface area contributed by atoms with Crippen LogP contribution in [0.1, 0.15) is 12.6 Å². The summed E-state index contributed by atoms with van der Waals surface area (Å²) in [6.07, 6.45) is 1.95. The molecule has 2 N–H and O–H groups in total. The van der Waals surface area contributed by atoms with E-state index in [1.54, 1.807) is 0 Å². The molecule has 108 valence electrons. The van der Waals surface area contributed by atoms with E-state index in [9.17, 15) is 0 Å². The summed E-state index contributed by atoms with van der Waals surface area (Å²) in [6, 6.07) is 10.8. The zero-order valence-corrected chi connectivity index (χ0v) is 12.5. The molecule has 0 radical (unpaired) electrons. The van der Waals surface area contributed by atoms with Crippen LogP contribution in [0.5, 0.6) is 0 Å². The molecule has 2 heterocycles. The van der Waals surface area contributed by atoms with E-state index >= 15 is 0 Å². The smallest absolute Gasteiger partial charge is 0.137 e. The zero-order chi connectivity index (χ0) is 13.1. The van der Waals surface area contributed by atoms with E-state index < -0.39 is 0 Å². The first kappa shape index (κ1) is 15.0. The highest BCUT2D eigenvalue weighted by Crippen LogP contribution is 2.15. The molecular formula is C15H21ClN4. The van der Waals surface area contributed by atoms with Crippen molar-refractivity contribution in [2.75, 3.05) is 19.6 Å². The Kier molecular flexibility index (Phi) is 5.17. The van der Waals surface area contributed by atoms with Crippen LogP contribution in [-0.2, 0) is 6.54 Å². The van der Waals surface area contributed by atoms with Gasteiger partial charge in [0, 0.05) is 49.7 Å². The molecule has 1 aliphatic heterocycles. The van der Waals surface area contributed by atoms with Gasteiger partial charge < -0.3 is 10.3 Å². The topological polar surface area (TPSA) is 44.0 Å². The first-order valence-corrected chi connectivity index (χ1v) is 6.86. The second-order valence-electron chi connectivity index (χ2n) is 5.21. The van der Waals surface area contributed by atoms with Crippen molar-refractivity contribution < 1.29 is 0 Å². The Balaban J connectivity index is 0.00000147. The fourth-order valence-corrected chi connectivity index (χ4v) is 2.58. The van der Waals surface area contributed by atoms with Gasteiger partial charge >= 0.3 is 0 Å². The van der Waals surface area contributed by atoms with Crippen LogP contribution < -0.4 is 5.32 Å². The SMILES string of the molecule is C[C@H]1CN(Cc2cnc(-c3ccccc3)[nH]2)CCN1.Cl. The van der Waals surface area contributed by atoms with Gasteiger partial charge in [-0.3, -0.25) is 4.90 Å². The van der Waals surface area contributed by atoms with Crippen molar-refractivity contribution in [1.82, 2.24) is 20.2 Å². The number of piperazine rings is 1. The number of aromatic amines is 1. The molecule has 0 bridgehead atoms. The van der Waals surface area contributed by atoms with Crippen LogP contribution in [0.4, 0.5) is 0 Å². The number of aromatic nitrogens is 2. The second kappa shape index (κ2) is 6.88. The van der Waals surface area contributed by atoms with Crippen LogP contribution in [0.15, 0.2) is 36.5 Å². The maximum absolute atomic E-state index is 4.47. The summed E-state index contributed by atoms with van der Waals surface area (Å²) < 4.78 is 0. The molecule has 1 aliphatic rings. The third kappa shape index (κ3) is 3.60. The van der Waals surface area contributed by atoms with Crippen molar-refractivity contribution in [2.24, 2.45) is 0 Å². The third-order valence-electron chi connectivity index (χ3n) is 3.52. The Morgan fingerprint density at radius 1 is 1.30 bits per heavy atom. The molecule has 2 aromatic rings. The van der Waals surface area contributed by atoms with E-state index in [-0.39, 0.29) is 12.4 Å². The lowest BCUT2D eigenvalue weighted by molar-refractivity contribution is 0.198. The maximum Gasteiger partial charge on any atom is 0.137 e. The van der Waals surface area contributed by atoms with Gasteiger partial charge in [-0.05, 0) is 6.92 Å². The molecule has 0 spiro atoms. The van der Waals surface area contributed by atoms with Gasteiger partial charge in [-0.15, -0.1) is 12.4 Å². The number of halogens is 1. The molecule has 1 aromatic carbocycles. The summed E-state index contributed by atoms with van der Waals surface area (Å²) in [5.41, 5.74) is 2.33. The number of nitrogens with zero attached hydrogens (tertiary/aromatic N) is 2. The van der Waals surface area contributed by atoms with Gasteiger partial charge in [0.25, 0.3) is 0 Å². The first-order valence-electron chi connectivity index (χ1n) is 6.86. The molecule has 5 heteroatoms. The molecule has 1 saturated heterocycles. The second-order valence-corrected chi connectivity index (χ2v) is 5.21. The van der Waals surface area contributed by atoms with Crippen LogP contribution in [0.3, 0.4) is 0 Å². The summed E-state index contributed by atoms with van der Waals surface area (Å²) in [6.45, 7) is 6.45. The lowest BCUT2D eigenvalue weighted by Crippen LogP contribution is -2.48. The summed E-state index contributed by atoms with van der Waals surface area (Å²) in [4.78, 5) is 10.4. The minimum absolute atomic E-state index is 0. The van der Waals surface area contributed by atoms with Crippen molar-refractivity contribution >= 4 is 12.4 Å². The van der Waals surface area contributed by atoms with E-state index in [2.05, 4.69) is 39.2 Å². The summed E-state index contributed by atoms with van der Waals surface area (Å²) >= 11 is 0. The molecule has 1 fully saturated rings. The minimum atomic E-state index is 0. The summed E-state index contributed by atoms with van der Waals surface area (Å²) in [5.74, 6) is 0.957. The average molecular weight is 293 g/mol. The third-order valence-corrected chi connectivity index (χ3v) is 3.52. The molecule has 1 aromatic heterocycles.